The van der Waals surface area contributed by atoms with Crippen molar-refractivity contribution >= 4 is 23.5 Å². The Balaban J connectivity index is 1.51. The molecule has 0 bridgehead atoms. The van der Waals surface area contributed by atoms with Crippen LogP contribution in [0.15, 0.2) is 72.8 Å². The second-order valence-corrected chi connectivity index (χ2v) is 9.66. The number of benzene rings is 3. The first-order valence-corrected chi connectivity index (χ1v) is 12.2. The van der Waals surface area contributed by atoms with Gasteiger partial charge in [0.2, 0.25) is 18.6 Å². The fraction of sp³-hybridized carbons (Fsp3) is 0.276. The van der Waals surface area contributed by atoms with Crippen LogP contribution in [-0.2, 0) is 25.5 Å². The van der Waals surface area contributed by atoms with Crippen molar-refractivity contribution in [3.8, 4) is 11.5 Å². The number of hydrogen-bond acceptors (Lipinski definition) is 7. The molecule has 2 saturated heterocycles. The summed E-state index contributed by atoms with van der Waals surface area (Å²) in [7, 11) is 1.31. The van der Waals surface area contributed by atoms with Crippen LogP contribution in [0.2, 0.25) is 0 Å². The van der Waals surface area contributed by atoms with E-state index in [-0.39, 0.29) is 19.1 Å². The molecule has 0 unspecified atom stereocenters. The normalized spacial score (nSPS) is 25.9. The molecule has 3 aliphatic rings. The van der Waals surface area contributed by atoms with Gasteiger partial charge in [-0.1, -0.05) is 54.6 Å². The van der Waals surface area contributed by atoms with Crippen LogP contribution < -0.4 is 19.7 Å². The number of nitrogens with zero attached hydrogens (tertiary/aromatic N) is 1. The number of fused-ring (bicyclic) bond motifs is 2. The van der Waals surface area contributed by atoms with Crippen molar-refractivity contribution in [1.82, 2.24) is 5.32 Å². The molecule has 4 atom stereocenters. The molecule has 0 saturated carbocycles. The topological polar surface area (TPSA) is 94.2 Å². The van der Waals surface area contributed by atoms with E-state index in [2.05, 4.69) is 5.32 Å². The Hall–Kier alpha value is -4.17. The number of amides is 2. The molecule has 37 heavy (non-hydrogen) atoms. The first-order chi connectivity index (χ1) is 17.9. The summed E-state index contributed by atoms with van der Waals surface area (Å²) >= 11 is 0. The summed E-state index contributed by atoms with van der Waals surface area (Å²) in [5.41, 5.74) is 1.62. The Bertz CT molecular complexity index is 1410. The lowest BCUT2D eigenvalue weighted by Crippen LogP contribution is -2.57. The van der Waals surface area contributed by atoms with E-state index < -0.39 is 35.3 Å². The Labute approximate surface area is 214 Å². The number of methoxy groups -OCH3 is 1. The molecule has 2 fully saturated rings. The van der Waals surface area contributed by atoms with E-state index in [1.807, 2.05) is 61.5 Å². The Kier molecular flexibility index (Phi) is 5.49. The zero-order valence-electron chi connectivity index (χ0n) is 20.5. The summed E-state index contributed by atoms with van der Waals surface area (Å²) in [4.78, 5) is 43.0. The molecule has 1 N–H and O–H groups in total. The van der Waals surface area contributed by atoms with Gasteiger partial charge in [-0.15, -0.1) is 0 Å². The molecule has 8 nitrogen and oxygen atoms in total. The van der Waals surface area contributed by atoms with Gasteiger partial charge in [-0.2, -0.15) is 0 Å². The van der Waals surface area contributed by atoms with E-state index >= 15 is 0 Å². The third-order valence-electron chi connectivity index (χ3n) is 7.67. The van der Waals surface area contributed by atoms with Crippen molar-refractivity contribution < 1.29 is 28.6 Å². The standard InChI is InChI=1S/C29H26N2O6/c1-17-8-6-7-11-20(17)25-23-24(29(30-25,28(34)35-2)15-18-9-4-3-5-10-18)27(33)31(26(23)32)19-12-13-21-22(14-19)37-16-36-21/h3-14,23-25,30H,15-16H2,1-2H3/t23-,24-,25-,29-/m1/s1. The van der Waals surface area contributed by atoms with Crippen LogP contribution in [-0.4, -0.2) is 37.2 Å². The monoisotopic (exact) mass is 498 g/mol. The quantitative estimate of drug-likeness (QED) is 0.426. The van der Waals surface area contributed by atoms with Gasteiger partial charge in [0.1, 0.15) is 5.54 Å². The van der Waals surface area contributed by atoms with Crippen molar-refractivity contribution in [2.24, 2.45) is 11.8 Å². The van der Waals surface area contributed by atoms with Gasteiger partial charge in [0.05, 0.1) is 24.6 Å². The molecular weight excluding hydrogens is 472 g/mol. The number of esters is 1. The van der Waals surface area contributed by atoms with Crippen LogP contribution in [0, 0.1) is 18.8 Å². The average Bonchev–Trinajstić information content (AvgIpc) is 3.58. The molecule has 3 aromatic carbocycles. The molecule has 0 spiro atoms. The molecular formula is C29H26N2O6. The van der Waals surface area contributed by atoms with Crippen molar-refractivity contribution in [3.05, 3.63) is 89.5 Å². The summed E-state index contributed by atoms with van der Waals surface area (Å²) < 4.78 is 16.2. The van der Waals surface area contributed by atoms with Gasteiger partial charge < -0.3 is 14.2 Å². The molecule has 0 aliphatic carbocycles. The van der Waals surface area contributed by atoms with Crippen molar-refractivity contribution in [1.29, 1.82) is 0 Å². The van der Waals surface area contributed by atoms with Gasteiger partial charge in [-0.25, -0.2) is 4.90 Å². The van der Waals surface area contributed by atoms with E-state index in [4.69, 9.17) is 14.2 Å². The number of aryl methyl sites for hydroxylation is 1. The van der Waals surface area contributed by atoms with Crippen LogP contribution in [0.25, 0.3) is 0 Å². The maximum Gasteiger partial charge on any atom is 0.327 e. The van der Waals surface area contributed by atoms with Gasteiger partial charge in [-0.3, -0.25) is 19.7 Å². The minimum atomic E-state index is -1.44. The smallest absolute Gasteiger partial charge is 0.327 e. The minimum Gasteiger partial charge on any atom is -0.468 e. The lowest BCUT2D eigenvalue weighted by molar-refractivity contribution is -0.152. The van der Waals surface area contributed by atoms with Gasteiger partial charge in [0.25, 0.3) is 0 Å². The zero-order valence-corrected chi connectivity index (χ0v) is 20.5. The van der Waals surface area contributed by atoms with Crippen LogP contribution in [0.1, 0.15) is 22.7 Å². The molecule has 3 aromatic rings. The van der Waals surface area contributed by atoms with Crippen LogP contribution >= 0.6 is 0 Å². The van der Waals surface area contributed by atoms with Gasteiger partial charge in [-0.05, 0) is 35.7 Å². The fourth-order valence-electron chi connectivity index (χ4n) is 6.01. The number of anilines is 1. The maximum absolute atomic E-state index is 14.2. The maximum atomic E-state index is 14.2. The fourth-order valence-corrected chi connectivity index (χ4v) is 6.01. The lowest BCUT2D eigenvalue weighted by Gasteiger charge is -2.33. The number of rotatable bonds is 5. The lowest BCUT2D eigenvalue weighted by atomic mass is 9.76. The van der Waals surface area contributed by atoms with E-state index in [0.29, 0.717) is 17.2 Å². The number of hydrogen-bond donors (Lipinski definition) is 1. The highest BCUT2D eigenvalue weighted by atomic mass is 16.7. The summed E-state index contributed by atoms with van der Waals surface area (Å²) in [6.07, 6.45) is 0.193. The van der Waals surface area contributed by atoms with Crippen LogP contribution in [0.4, 0.5) is 5.69 Å². The number of carbonyl (C=O) groups excluding carboxylic acids is 3. The van der Waals surface area contributed by atoms with E-state index in [1.54, 1.807) is 18.2 Å². The number of imide groups is 1. The molecule has 3 aliphatic heterocycles. The van der Waals surface area contributed by atoms with E-state index in [1.165, 1.54) is 12.0 Å². The number of ether oxygens (including phenoxy) is 3. The molecule has 2 amide bonds. The molecule has 3 heterocycles. The SMILES string of the molecule is COC(=O)[C@]1(Cc2ccccc2)N[C@H](c2ccccc2C)[C@@H]2C(=O)N(c3ccc4c(c3)OCO4)C(=O)[C@@H]21. The Morgan fingerprint density at radius 1 is 1.00 bits per heavy atom. The molecule has 188 valence electrons. The average molecular weight is 499 g/mol. The first-order valence-electron chi connectivity index (χ1n) is 12.2. The van der Waals surface area contributed by atoms with Gasteiger partial charge >= 0.3 is 5.97 Å². The van der Waals surface area contributed by atoms with Crippen molar-refractivity contribution in [2.75, 3.05) is 18.8 Å². The Morgan fingerprint density at radius 3 is 2.49 bits per heavy atom. The predicted molar refractivity (Wildman–Crippen MR) is 134 cm³/mol. The molecule has 0 radical (unpaired) electrons. The minimum absolute atomic E-state index is 0.0771. The predicted octanol–water partition coefficient (Wildman–Crippen LogP) is 3.33. The second-order valence-electron chi connectivity index (χ2n) is 9.66. The summed E-state index contributed by atoms with van der Waals surface area (Å²) in [6.45, 7) is 2.03. The zero-order chi connectivity index (χ0) is 25.7. The highest BCUT2D eigenvalue weighted by molar-refractivity contribution is 6.24. The molecule has 6 rings (SSSR count). The highest BCUT2D eigenvalue weighted by Crippen LogP contribution is 2.52. The largest absolute Gasteiger partial charge is 0.468 e. The number of carbonyl (C=O) groups is 3. The third-order valence-corrected chi connectivity index (χ3v) is 7.67. The van der Waals surface area contributed by atoms with E-state index in [0.717, 1.165) is 16.7 Å². The summed E-state index contributed by atoms with van der Waals surface area (Å²) in [6, 6.07) is 21.6. The third kappa shape index (κ3) is 3.51. The van der Waals surface area contributed by atoms with E-state index in [9.17, 15) is 14.4 Å². The van der Waals surface area contributed by atoms with Crippen molar-refractivity contribution in [3.63, 3.8) is 0 Å². The second kappa shape index (κ2) is 8.74. The van der Waals surface area contributed by atoms with Crippen LogP contribution in [0.3, 0.4) is 0 Å². The Morgan fingerprint density at radius 2 is 1.73 bits per heavy atom. The highest BCUT2D eigenvalue weighted by Gasteiger charge is 2.69. The first kappa shape index (κ1) is 23.2. The summed E-state index contributed by atoms with van der Waals surface area (Å²) in [5, 5.41) is 3.45. The van der Waals surface area contributed by atoms with Crippen molar-refractivity contribution in [2.45, 2.75) is 24.9 Å². The molecule has 8 heteroatoms. The number of nitrogens with one attached hydrogen (secondary N) is 1. The molecule has 0 aromatic heterocycles. The van der Waals surface area contributed by atoms with Crippen LogP contribution in [0.5, 0.6) is 11.5 Å². The summed E-state index contributed by atoms with van der Waals surface area (Å²) in [5.74, 6) is -2.14. The van der Waals surface area contributed by atoms with Gasteiger partial charge in [0.15, 0.2) is 11.5 Å². The van der Waals surface area contributed by atoms with Gasteiger partial charge in [0, 0.05) is 18.5 Å².